The van der Waals surface area contributed by atoms with Crippen molar-refractivity contribution >= 4 is 5.69 Å². The van der Waals surface area contributed by atoms with Gasteiger partial charge in [0.1, 0.15) is 18.5 Å². The maximum atomic E-state index is 6.11. The van der Waals surface area contributed by atoms with Gasteiger partial charge < -0.3 is 14.4 Å². The van der Waals surface area contributed by atoms with Crippen LogP contribution in [0.4, 0.5) is 5.69 Å². The van der Waals surface area contributed by atoms with E-state index in [-0.39, 0.29) is 6.10 Å². The number of rotatable bonds is 6. The fourth-order valence-electron chi connectivity index (χ4n) is 3.31. The molecule has 27 heavy (non-hydrogen) atoms. The molecule has 0 spiro atoms. The average Bonchev–Trinajstić information content (AvgIpc) is 3.17. The van der Waals surface area contributed by atoms with Crippen molar-refractivity contribution in [3.05, 3.63) is 84.1 Å². The Kier molecular flexibility index (Phi) is 5.24. The second-order valence-electron chi connectivity index (χ2n) is 6.89. The van der Waals surface area contributed by atoms with Gasteiger partial charge in [0.2, 0.25) is 5.88 Å². The molecule has 138 valence electrons. The Balaban J connectivity index is 1.41. The van der Waals surface area contributed by atoms with E-state index in [4.69, 9.17) is 9.47 Å². The van der Waals surface area contributed by atoms with Gasteiger partial charge in [-0.15, -0.1) is 0 Å². The topological polar surface area (TPSA) is 34.6 Å². The van der Waals surface area contributed by atoms with E-state index in [9.17, 15) is 0 Å². The molecule has 1 aliphatic heterocycles. The molecule has 2 heterocycles. The van der Waals surface area contributed by atoms with Gasteiger partial charge in [0.25, 0.3) is 0 Å². The van der Waals surface area contributed by atoms with E-state index >= 15 is 0 Å². The van der Waals surface area contributed by atoms with Crippen LogP contribution in [-0.4, -0.2) is 24.2 Å². The average molecular weight is 360 g/mol. The minimum atomic E-state index is 0.141. The van der Waals surface area contributed by atoms with Gasteiger partial charge in [-0.1, -0.05) is 48.5 Å². The fraction of sp³-hybridized carbons (Fsp3) is 0.261. The summed E-state index contributed by atoms with van der Waals surface area (Å²) in [5.74, 6) is 1.61. The number of ether oxygens (including phenoxy) is 2. The summed E-state index contributed by atoms with van der Waals surface area (Å²) in [5, 5.41) is 0. The maximum Gasteiger partial charge on any atom is 0.213 e. The van der Waals surface area contributed by atoms with Gasteiger partial charge >= 0.3 is 0 Å². The Labute approximate surface area is 160 Å². The highest BCUT2D eigenvalue weighted by molar-refractivity contribution is 5.59. The molecule has 1 aromatic heterocycles. The van der Waals surface area contributed by atoms with Crippen LogP contribution < -0.4 is 14.4 Å². The molecular weight excluding hydrogens is 336 g/mol. The number of nitrogens with zero attached hydrogens (tertiary/aromatic N) is 2. The second-order valence-corrected chi connectivity index (χ2v) is 6.89. The summed E-state index contributed by atoms with van der Waals surface area (Å²) in [6.07, 6.45) is 2.96. The lowest BCUT2D eigenvalue weighted by Crippen LogP contribution is -2.25. The summed E-state index contributed by atoms with van der Waals surface area (Å²) in [7, 11) is 0. The SMILES string of the molecule is Cc1ccc(O[C@@H]2CCN(c3ccccc3OCc3ccccc3)C2)nc1. The highest BCUT2D eigenvalue weighted by Crippen LogP contribution is 2.32. The number of hydrogen-bond donors (Lipinski definition) is 0. The van der Waals surface area contributed by atoms with Crippen LogP contribution in [0.15, 0.2) is 72.9 Å². The lowest BCUT2D eigenvalue weighted by Gasteiger charge is -2.22. The third kappa shape index (κ3) is 4.40. The predicted molar refractivity (Wildman–Crippen MR) is 107 cm³/mol. The Morgan fingerprint density at radius 3 is 2.63 bits per heavy atom. The largest absolute Gasteiger partial charge is 0.487 e. The Morgan fingerprint density at radius 1 is 1.00 bits per heavy atom. The first-order valence-corrected chi connectivity index (χ1v) is 9.38. The van der Waals surface area contributed by atoms with Crippen LogP contribution in [-0.2, 0) is 6.61 Å². The lowest BCUT2D eigenvalue weighted by atomic mass is 10.2. The number of aryl methyl sites for hydroxylation is 1. The number of benzene rings is 2. The number of pyridine rings is 1. The van der Waals surface area contributed by atoms with E-state index in [0.717, 1.165) is 36.5 Å². The van der Waals surface area contributed by atoms with Crippen molar-refractivity contribution in [3.63, 3.8) is 0 Å². The van der Waals surface area contributed by atoms with Crippen LogP contribution in [0.3, 0.4) is 0 Å². The summed E-state index contributed by atoms with van der Waals surface area (Å²) in [5.41, 5.74) is 3.43. The number of anilines is 1. The summed E-state index contributed by atoms with van der Waals surface area (Å²) in [6, 6.07) is 22.4. The molecule has 0 N–H and O–H groups in total. The number of aromatic nitrogens is 1. The molecule has 0 aliphatic carbocycles. The molecule has 4 heteroatoms. The molecule has 0 amide bonds. The smallest absolute Gasteiger partial charge is 0.213 e. The first kappa shape index (κ1) is 17.4. The molecule has 0 unspecified atom stereocenters. The van der Waals surface area contributed by atoms with E-state index in [2.05, 4.69) is 34.1 Å². The van der Waals surface area contributed by atoms with Crippen molar-refractivity contribution in [3.8, 4) is 11.6 Å². The zero-order chi connectivity index (χ0) is 18.5. The minimum Gasteiger partial charge on any atom is -0.487 e. The summed E-state index contributed by atoms with van der Waals surface area (Å²) in [4.78, 5) is 6.69. The van der Waals surface area contributed by atoms with Crippen LogP contribution in [0.5, 0.6) is 11.6 Å². The third-order valence-corrected chi connectivity index (χ3v) is 4.76. The zero-order valence-corrected chi connectivity index (χ0v) is 15.5. The van der Waals surface area contributed by atoms with Crippen LogP contribution in [0, 0.1) is 6.92 Å². The Bertz CT molecular complexity index is 865. The predicted octanol–water partition coefficient (Wildman–Crippen LogP) is 4.63. The second kappa shape index (κ2) is 8.12. The van der Waals surface area contributed by atoms with Gasteiger partial charge in [-0.3, -0.25) is 0 Å². The monoisotopic (exact) mass is 360 g/mol. The third-order valence-electron chi connectivity index (χ3n) is 4.76. The Morgan fingerprint density at radius 2 is 1.81 bits per heavy atom. The van der Waals surface area contributed by atoms with Crippen molar-refractivity contribution < 1.29 is 9.47 Å². The lowest BCUT2D eigenvalue weighted by molar-refractivity contribution is 0.215. The molecule has 1 aliphatic rings. The maximum absolute atomic E-state index is 6.11. The number of para-hydroxylation sites is 2. The van der Waals surface area contributed by atoms with Crippen LogP contribution in [0.2, 0.25) is 0 Å². The molecule has 1 fully saturated rings. The van der Waals surface area contributed by atoms with E-state index in [1.807, 2.05) is 55.6 Å². The van der Waals surface area contributed by atoms with Gasteiger partial charge in [0.15, 0.2) is 0 Å². The Hall–Kier alpha value is -3.01. The van der Waals surface area contributed by atoms with Gasteiger partial charge in [0.05, 0.1) is 12.2 Å². The highest BCUT2D eigenvalue weighted by Gasteiger charge is 2.26. The molecule has 4 nitrogen and oxygen atoms in total. The van der Waals surface area contributed by atoms with Gasteiger partial charge in [-0.2, -0.15) is 0 Å². The van der Waals surface area contributed by atoms with Crippen molar-refractivity contribution in [2.45, 2.75) is 26.1 Å². The standard InChI is InChI=1S/C23H24N2O2/c1-18-11-12-23(24-15-18)27-20-13-14-25(16-20)21-9-5-6-10-22(21)26-17-19-7-3-2-4-8-19/h2-12,15,20H,13-14,16-17H2,1H3/t20-/m1/s1. The molecule has 1 saturated heterocycles. The van der Waals surface area contributed by atoms with E-state index in [0.29, 0.717) is 12.5 Å². The molecule has 3 aromatic rings. The molecule has 0 saturated carbocycles. The van der Waals surface area contributed by atoms with E-state index in [1.165, 1.54) is 5.56 Å². The van der Waals surface area contributed by atoms with Crippen molar-refractivity contribution in [1.29, 1.82) is 0 Å². The quantitative estimate of drug-likeness (QED) is 0.642. The van der Waals surface area contributed by atoms with Gasteiger partial charge in [0, 0.05) is 25.2 Å². The fourth-order valence-corrected chi connectivity index (χ4v) is 3.31. The summed E-state index contributed by atoms with van der Waals surface area (Å²) < 4.78 is 12.2. The zero-order valence-electron chi connectivity index (χ0n) is 15.5. The van der Waals surface area contributed by atoms with E-state index in [1.54, 1.807) is 0 Å². The summed E-state index contributed by atoms with van der Waals surface area (Å²) in [6.45, 7) is 4.38. The summed E-state index contributed by atoms with van der Waals surface area (Å²) >= 11 is 0. The number of hydrogen-bond acceptors (Lipinski definition) is 4. The van der Waals surface area contributed by atoms with Gasteiger partial charge in [-0.05, 0) is 30.2 Å². The minimum absolute atomic E-state index is 0.141. The van der Waals surface area contributed by atoms with Gasteiger partial charge in [-0.25, -0.2) is 4.98 Å². The molecular formula is C23H24N2O2. The van der Waals surface area contributed by atoms with E-state index < -0.39 is 0 Å². The van der Waals surface area contributed by atoms with Crippen molar-refractivity contribution in [2.75, 3.05) is 18.0 Å². The molecule has 0 bridgehead atoms. The normalized spacial score (nSPS) is 16.3. The first-order valence-electron chi connectivity index (χ1n) is 9.38. The van der Waals surface area contributed by atoms with Crippen LogP contribution >= 0.6 is 0 Å². The molecule has 1 atom stereocenters. The van der Waals surface area contributed by atoms with Crippen LogP contribution in [0.25, 0.3) is 0 Å². The molecule has 4 rings (SSSR count). The first-order chi connectivity index (χ1) is 13.3. The van der Waals surface area contributed by atoms with Crippen LogP contribution in [0.1, 0.15) is 17.5 Å². The highest BCUT2D eigenvalue weighted by atomic mass is 16.5. The van der Waals surface area contributed by atoms with Crippen molar-refractivity contribution in [1.82, 2.24) is 4.98 Å². The molecule has 0 radical (unpaired) electrons. The van der Waals surface area contributed by atoms with Crippen molar-refractivity contribution in [2.24, 2.45) is 0 Å². The molecule has 2 aromatic carbocycles.